The van der Waals surface area contributed by atoms with Crippen LogP contribution in [0.3, 0.4) is 0 Å². The summed E-state index contributed by atoms with van der Waals surface area (Å²) < 4.78 is 4.66. The molecule has 1 N–H and O–H groups in total. The van der Waals surface area contributed by atoms with Gasteiger partial charge in [-0.3, -0.25) is 0 Å². The lowest BCUT2D eigenvalue weighted by Crippen LogP contribution is -2.03. The van der Waals surface area contributed by atoms with E-state index in [1.807, 2.05) is 0 Å². The van der Waals surface area contributed by atoms with Gasteiger partial charge in [-0.05, 0) is 0 Å². The van der Waals surface area contributed by atoms with E-state index < -0.39 is 5.97 Å². The normalized spacial score (nSPS) is 10.7. The molecule has 0 aliphatic carbocycles. The molecule has 0 bridgehead atoms. The molecular formula is C7H9NO3. The van der Waals surface area contributed by atoms with E-state index in [2.05, 4.69) is 4.74 Å². The Morgan fingerprint density at radius 2 is 2.45 bits per heavy atom. The van der Waals surface area contributed by atoms with Crippen molar-refractivity contribution in [3.8, 4) is 6.07 Å². The second kappa shape index (κ2) is 5.45. The number of rotatable bonds is 4. The number of aliphatic carboxylic acids is 1. The molecule has 0 heterocycles. The standard InChI is InChI=1S/C7H9NO3/c1-11-5-3-6(2-4-8)7(9)10/h2H,3,5H2,1H3,(H,9,10)/b6-2-. The summed E-state index contributed by atoms with van der Waals surface area (Å²) in [5, 5.41) is 16.6. The molecule has 4 nitrogen and oxygen atoms in total. The van der Waals surface area contributed by atoms with E-state index in [4.69, 9.17) is 10.4 Å². The number of allylic oxidation sites excluding steroid dienone is 1. The fourth-order valence-corrected chi connectivity index (χ4v) is 0.531. The fraction of sp³-hybridized carbons (Fsp3) is 0.429. The van der Waals surface area contributed by atoms with Gasteiger partial charge in [0.15, 0.2) is 0 Å². The van der Waals surface area contributed by atoms with Gasteiger partial charge in [0, 0.05) is 25.2 Å². The number of hydrogen-bond donors (Lipinski definition) is 1. The van der Waals surface area contributed by atoms with Crippen molar-refractivity contribution in [3.63, 3.8) is 0 Å². The minimum atomic E-state index is -1.07. The van der Waals surface area contributed by atoms with Gasteiger partial charge in [0.05, 0.1) is 12.7 Å². The Hall–Kier alpha value is -1.34. The van der Waals surface area contributed by atoms with Crippen LogP contribution in [0.25, 0.3) is 0 Å². The highest BCUT2D eigenvalue weighted by Crippen LogP contribution is 2.00. The first kappa shape index (κ1) is 9.66. The van der Waals surface area contributed by atoms with Gasteiger partial charge in [-0.15, -0.1) is 0 Å². The molecule has 0 fully saturated rings. The van der Waals surface area contributed by atoms with Crippen LogP contribution in [0.4, 0.5) is 0 Å². The number of methoxy groups -OCH3 is 1. The van der Waals surface area contributed by atoms with Gasteiger partial charge in [0.25, 0.3) is 0 Å². The Bertz CT molecular complexity index is 202. The number of nitriles is 1. The van der Waals surface area contributed by atoms with E-state index in [1.165, 1.54) is 7.11 Å². The zero-order valence-electron chi connectivity index (χ0n) is 6.20. The lowest BCUT2D eigenvalue weighted by molar-refractivity contribution is -0.132. The molecule has 0 radical (unpaired) electrons. The van der Waals surface area contributed by atoms with Crippen molar-refractivity contribution in [3.05, 3.63) is 11.6 Å². The second-order valence-corrected chi connectivity index (χ2v) is 1.85. The van der Waals surface area contributed by atoms with Gasteiger partial charge in [0.1, 0.15) is 0 Å². The molecule has 0 rings (SSSR count). The molecule has 0 saturated carbocycles. The van der Waals surface area contributed by atoms with Gasteiger partial charge in [-0.25, -0.2) is 4.79 Å². The molecule has 0 aromatic carbocycles. The Morgan fingerprint density at radius 3 is 2.82 bits per heavy atom. The number of nitrogens with zero attached hydrogens (tertiary/aromatic N) is 1. The van der Waals surface area contributed by atoms with E-state index in [0.717, 1.165) is 6.08 Å². The number of ether oxygens (including phenoxy) is 1. The summed E-state index contributed by atoms with van der Waals surface area (Å²) in [6.45, 7) is 0.319. The predicted molar refractivity (Wildman–Crippen MR) is 37.8 cm³/mol. The molecule has 0 saturated heterocycles. The van der Waals surface area contributed by atoms with E-state index >= 15 is 0 Å². The minimum Gasteiger partial charge on any atom is -0.478 e. The fourth-order valence-electron chi connectivity index (χ4n) is 0.531. The monoisotopic (exact) mass is 155 g/mol. The summed E-state index contributed by atoms with van der Waals surface area (Å²) in [6, 6.07) is 1.66. The summed E-state index contributed by atoms with van der Waals surface area (Å²) in [5.74, 6) is -1.07. The zero-order chi connectivity index (χ0) is 8.69. The summed E-state index contributed by atoms with van der Waals surface area (Å²) in [6.07, 6.45) is 1.28. The minimum absolute atomic E-state index is 0.0781. The number of carboxylic acids is 1. The molecule has 0 aromatic rings. The molecule has 0 unspecified atom stereocenters. The highest BCUT2D eigenvalue weighted by Gasteiger charge is 2.05. The van der Waals surface area contributed by atoms with Gasteiger partial charge in [0.2, 0.25) is 0 Å². The number of hydrogen-bond acceptors (Lipinski definition) is 3. The molecule has 0 spiro atoms. The maximum Gasteiger partial charge on any atom is 0.332 e. The average Bonchev–Trinajstić information content (AvgIpc) is 1.97. The van der Waals surface area contributed by atoms with Crippen molar-refractivity contribution in [1.82, 2.24) is 0 Å². The molecule has 60 valence electrons. The average molecular weight is 155 g/mol. The van der Waals surface area contributed by atoms with Crippen LogP contribution < -0.4 is 0 Å². The Balaban J connectivity index is 4.04. The first-order valence-electron chi connectivity index (χ1n) is 3.03. The van der Waals surface area contributed by atoms with Crippen LogP contribution >= 0.6 is 0 Å². The van der Waals surface area contributed by atoms with Crippen LogP contribution in [0.15, 0.2) is 11.6 Å². The smallest absolute Gasteiger partial charge is 0.332 e. The molecule has 0 aromatic heterocycles. The summed E-state index contributed by atoms with van der Waals surface area (Å²) >= 11 is 0. The van der Waals surface area contributed by atoms with Crippen molar-refractivity contribution < 1.29 is 14.6 Å². The third-order valence-corrected chi connectivity index (χ3v) is 1.09. The first-order valence-corrected chi connectivity index (χ1v) is 3.03. The van der Waals surface area contributed by atoms with E-state index in [9.17, 15) is 4.79 Å². The van der Waals surface area contributed by atoms with Crippen molar-refractivity contribution in [1.29, 1.82) is 5.26 Å². The summed E-state index contributed by atoms with van der Waals surface area (Å²) in [4.78, 5) is 10.3. The zero-order valence-corrected chi connectivity index (χ0v) is 6.20. The van der Waals surface area contributed by atoms with Gasteiger partial charge in [-0.1, -0.05) is 0 Å². The maximum absolute atomic E-state index is 10.3. The molecular weight excluding hydrogens is 146 g/mol. The van der Waals surface area contributed by atoms with Crippen LogP contribution in [0.5, 0.6) is 0 Å². The Labute approximate surface area is 64.7 Å². The maximum atomic E-state index is 10.3. The first-order chi connectivity index (χ1) is 5.22. The molecule has 0 amide bonds. The number of carbonyl (C=O) groups is 1. The Kier molecular flexibility index (Phi) is 4.78. The van der Waals surface area contributed by atoms with Crippen molar-refractivity contribution in [2.75, 3.05) is 13.7 Å². The van der Waals surface area contributed by atoms with E-state index in [-0.39, 0.29) is 12.0 Å². The molecule has 11 heavy (non-hydrogen) atoms. The van der Waals surface area contributed by atoms with Crippen molar-refractivity contribution in [2.24, 2.45) is 0 Å². The quantitative estimate of drug-likeness (QED) is 0.475. The highest BCUT2D eigenvalue weighted by molar-refractivity contribution is 5.87. The van der Waals surface area contributed by atoms with Crippen LogP contribution in [-0.4, -0.2) is 24.8 Å². The van der Waals surface area contributed by atoms with Gasteiger partial charge >= 0.3 is 5.97 Å². The van der Waals surface area contributed by atoms with Crippen LogP contribution in [-0.2, 0) is 9.53 Å². The van der Waals surface area contributed by atoms with E-state index in [0.29, 0.717) is 6.61 Å². The van der Waals surface area contributed by atoms with Crippen molar-refractivity contribution >= 4 is 5.97 Å². The topological polar surface area (TPSA) is 70.3 Å². The van der Waals surface area contributed by atoms with Gasteiger partial charge in [-0.2, -0.15) is 5.26 Å². The Morgan fingerprint density at radius 1 is 1.82 bits per heavy atom. The molecule has 0 aliphatic rings. The van der Waals surface area contributed by atoms with Crippen LogP contribution in [0, 0.1) is 11.3 Å². The number of carboxylic acid groups (broad SMARTS) is 1. The summed E-state index contributed by atoms with van der Waals surface area (Å²) in [7, 11) is 1.48. The lowest BCUT2D eigenvalue weighted by atomic mass is 10.2. The van der Waals surface area contributed by atoms with E-state index in [1.54, 1.807) is 6.07 Å². The highest BCUT2D eigenvalue weighted by atomic mass is 16.5. The summed E-state index contributed by atoms with van der Waals surface area (Å²) in [5.41, 5.74) is 0.0781. The SMILES string of the molecule is COCC/C(=C/C#N)C(=O)O. The molecule has 0 aliphatic heterocycles. The third kappa shape index (κ3) is 4.12. The van der Waals surface area contributed by atoms with Crippen LogP contribution in [0.1, 0.15) is 6.42 Å². The largest absolute Gasteiger partial charge is 0.478 e. The van der Waals surface area contributed by atoms with Gasteiger partial charge < -0.3 is 9.84 Å². The second-order valence-electron chi connectivity index (χ2n) is 1.85. The van der Waals surface area contributed by atoms with Crippen molar-refractivity contribution in [2.45, 2.75) is 6.42 Å². The predicted octanol–water partition coefficient (Wildman–Crippen LogP) is 0.557. The molecule has 4 heteroatoms. The van der Waals surface area contributed by atoms with Crippen LogP contribution in [0.2, 0.25) is 0 Å². The lowest BCUT2D eigenvalue weighted by Gasteiger charge is -1.97. The third-order valence-electron chi connectivity index (χ3n) is 1.09. The molecule has 0 atom stereocenters.